The van der Waals surface area contributed by atoms with Crippen molar-refractivity contribution in [3.63, 3.8) is 0 Å². The van der Waals surface area contributed by atoms with E-state index in [1.807, 2.05) is 48.5 Å². The van der Waals surface area contributed by atoms with Gasteiger partial charge in [0.05, 0.1) is 0 Å². The summed E-state index contributed by atoms with van der Waals surface area (Å²) in [6, 6.07) is 26.0. The quantitative estimate of drug-likeness (QED) is 0.203. The summed E-state index contributed by atoms with van der Waals surface area (Å²) in [6.07, 6.45) is 7.97. The molecule has 10 rings (SSSR count). The highest BCUT2D eigenvalue weighted by atomic mass is 16.7. The summed E-state index contributed by atoms with van der Waals surface area (Å²) >= 11 is 0. The lowest BCUT2D eigenvalue weighted by atomic mass is 9.51. The van der Waals surface area contributed by atoms with Crippen LogP contribution in [0.25, 0.3) is 0 Å². The second kappa shape index (κ2) is 11.5. The third kappa shape index (κ3) is 5.50. The molecule has 1 fully saturated rings. The molecule has 49 heavy (non-hydrogen) atoms. The van der Waals surface area contributed by atoms with Crippen LogP contribution in [-0.4, -0.2) is 17.5 Å². The van der Waals surface area contributed by atoms with Gasteiger partial charge in [-0.2, -0.15) is 0 Å². The van der Waals surface area contributed by atoms with Crippen molar-refractivity contribution in [2.24, 2.45) is 16.7 Å². The predicted molar refractivity (Wildman–Crippen MR) is 188 cm³/mol. The Bertz CT molecular complexity index is 1980. The summed E-state index contributed by atoms with van der Waals surface area (Å²) in [5, 5.41) is 10.6. The van der Waals surface area contributed by atoms with E-state index < -0.39 is 6.29 Å². The smallest absolute Gasteiger partial charge is 0.281 e. The Morgan fingerprint density at radius 1 is 0.673 bits per heavy atom. The molecule has 1 N–H and O–H groups in total. The maximum absolute atomic E-state index is 10.6. The Morgan fingerprint density at radius 3 is 2.16 bits per heavy atom. The number of fused-ring (bicyclic) bond motifs is 6. The number of benzene rings is 4. The summed E-state index contributed by atoms with van der Waals surface area (Å²) in [5.74, 6) is 5.68. The first-order valence-corrected chi connectivity index (χ1v) is 17.9. The molecule has 2 aliphatic carbocycles. The van der Waals surface area contributed by atoms with Gasteiger partial charge >= 0.3 is 0 Å². The van der Waals surface area contributed by atoms with E-state index in [1.165, 1.54) is 24.8 Å². The van der Waals surface area contributed by atoms with Gasteiger partial charge < -0.3 is 28.8 Å². The van der Waals surface area contributed by atoms with Gasteiger partial charge in [0, 0.05) is 12.0 Å². The number of hydrogen-bond acceptors (Lipinski definition) is 6. The van der Waals surface area contributed by atoms with E-state index in [1.54, 1.807) is 6.07 Å². The maximum Gasteiger partial charge on any atom is 0.281 e. The first-order chi connectivity index (χ1) is 23.7. The van der Waals surface area contributed by atoms with Crippen LogP contribution in [0, 0.1) is 16.7 Å². The molecule has 0 amide bonds. The second-order valence-corrected chi connectivity index (χ2v) is 15.7. The van der Waals surface area contributed by atoms with Crippen LogP contribution in [0.1, 0.15) is 75.1 Å². The minimum atomic E-state index is -0.511. The molecule has 4 atom stereocenters. The Kier molecular flexibility index (Phi) is 7.15. The van der Waals surface area contributed by atoms with Crippen molar-refractivity contribution in [1.82, 2.24) is 0 Å². The number of phenols is 1. The number of aryl methyl sites for hydroxylation is 4. The summed E-state index contributed by atoms with van der Waals surface area (Å²) in [5.41, 5.74) is 6.18. The topological polar surface area (TPSA) is 66.4 Å². The van der Waals surface area contributed by atoms with Gasteiger partial charge in [-0.25, -0.2) is 0 Å². The molecule has 8 bridgehead atoms. The summed E-state index contributed by atoms with van der Waals surface area (Å²) in [7, 11) is 0. The molecule has 0 spiro atoms. The lowest BCUT2D eigenvalue weighted by molar-refractivity contribution is -0.0982. The average molecular weight is 657 g/mol. The summed E-state index contributed by atoms with van der Waals surface area (Å²) in [6.45, 7) is 7.35. The van der Waals surface area contributed by atoms with Gasteiger partial charge in [-0.15, -0.1) is 0 Å². The zero-order valence-corrected chi connectivity index (χ0v) is 28.6. The number of hydrogen-bond donors (Lipinski definition) is 1. The van der Waals surface area contributed by atoms with Gasteiger partial charge in [0.2, 0.25) is 5.75 Å². The monoisotopic (exact) mass is 656 g/mol. The Balaban J connectivity index is 1.08. The van der Waals surface area contributed by atoms with E-state index in [4.69, 9.17) is 23.7 Å². The molecule has 0 saturated heterocycles. The van der Waals surface area contributed by atoms with E-state index in [0.29, 0.717) is 34.7 Å². The van der Waals surface area contributed by atoms with E-state index in [2.05, 4.69) is 45.0 Å². The standard InChI is InChI=1S/C43H44O6/c1-42(2)19-6-20-43(3)25-32-35(24-37(42)43)47-41-39(32)48-40-34-18-16-29(38(40)49-41)15-13-27-8-5-10-31(22-27)46-36-23-28(14-17-33(36)44)12-11-26-7-4-9-30(21-26)45-34/h4-5,7-10,14,16-18,21-23,37,39,41,44H,6,11-13,15,19-20,24-25H2,1-3H3. The minimum absolute atomic E-state index is 0.124. The van der Waals surface area contributed by atoms with Crippen LogP contribution in [0.2, 0.25) is 0 Å². The minimum Gasteiger partial charge on any atom is -0.504 e. The van der Waals surface area contributed by atoms with Crippen LogP contribution < -0.4 is 18.9 Å². The first kappa shape index (κ1) is 30.5. The fraction of sp³-hybridized carbons (Fsp3) is 0.395. The maximum atomic E-state index is 10.6. The Hall–Kier alpha value is -4.58. The molecule has 4 unspecified atom stereocenters. The number of aromatic hydroxyl groups is 1. The second-order valence-electron chi connectivity index (χ2n) is 15.7. The van der Waals surface area contributed by atoms with Crippen LogP contribution in [0.4, 0.5) is 0 Å². The van der Waals surface area contributed by atoms with Crippen LogP contribution in [-0.2, 0) is 30.4 Å². The normalized spacial score (nSPS) is 26.4. The molecule has 4 heterocycles. The SMILES string of the molecule is CC1(C)CCCC2(C)CC3=C(CC12)OC1Oc2c4ccc(c2OC31)Oc1cccc(c1)CCc1ccc(O)c(c1)Oc1cccc(c1)CC4. The van der Waals surface area contributed by atoms with Crippen molar-refractivity contribution in [3.8, 4) is 40.2 Å². The highest BCUT2D eigenvalue weighted by molar-refractivity contribution is 5.59. The molecule has 6 nitrogen and oxygen atoms in total. The third-order valence-corrected chi connectivity index (χ3v) is 11.8. The fourth-order valence-corrected chi connectivity index (χ4v) is 9.28. The van der Waals surface area contributed by atoms with Crippen molar-refractivity contribution in [2.75, 3.05) is 0 Å². The highest BCUT2D eigenvalue weighted by Crippen LogP contribution is 2.62. The van der Waals surface area contributed by atoms with Crippen molar-refractivity contribution in [1.29, 1.82) is 0 Å². The molecule has 4 aliphatic heterocycles. The number of phenolic OH excluding ortho intramolecular Hbond substituents is 1. The average Bonchev–Trinajstić information content (AvgIpc) is 3.42. The molecule has 1 saturated carbocycles. The molecular weight excluding hydrogens is 612 g/mol. The number of ether oxygens (including phenoxy) is 5. The zero-order chi connectivity index (χ0) is 33.3. The lowest BCUT2D eigenvalue weighted by Gasteiger charge is -2.53. The number of rotatable bonds is 0. The molecule has 0 aromatic heterocycles. The van der Waals surface area contributed by atoms with Gasteiger partial charge in [0.15, 0.2) is 29.1 Å². The Labute approximate surface area is 288 Å². The van der Waals surface area contributed by atoms with Crippen molar-refractivity contribution in [2.45, 2.75) is 91.0 Å². The predicted octanol–water partition coefficient (Wildman–Crippen LogP) is 10.2. The molecule has 252 valence electrons. The zero-order valence-electron chi connectivity index (χ0n) is 28.6. The van der Waals surface area contributed by atoms with Crippen molar-refractivity contribution < 1.29 is 28.8 Å². The van der Waals surface area contributed by atoms with E-state index in [-0.39, 0.29) is 22.7 Å². The molecule has 6 aliphatic rings. The van der Waals surface area contributed by atoms with Crippen molar-refractivity contribution in [3.05, 3.63) is 112 Å². The van der Waals surface area contributed by atoms with Crippen LogP contribution in [0.3, 0.4) is 0 Å². The van der Waals surface area contributed by atoms with Gasteiger partial charge in [0.25, 0.3) is 6.29 Å². The first-order valence-electron chi connectivity index (χ1n) is 17.9. The molecular formula is C43H44O6. The third-order valence-electron chi connectivity index (χ3n) is 11.8. The highest BCUT2D eigenvalue weighted by Gasteiger charge is 2.55. The van der Waals surface area contributed by atoms with Crippen molar-refractivity contribution >= 4 is 0 Å². The van der Waals surface area contributed by atoms with Crippen LogP contribution in [0.5, 0.6) is 40.2 Å². The molecule has 4 aromatic rings. The van der Waals surface area contributed by atoms with Crippen LogP contribution in [0.15, 0.2) is 90.2 Å². The van der Waals surface area contributed by atoms with Gasteiger partial charge in [-0.05, 0) is 126 Å². The molecule has 4 aromatic carbocycles. The molecule has 6 heteroatoms. The summed E-state index contributed by atoms with van der Waals surface area (Å²) < 4.78 is 33.4. The molecule has 0 radical (unpaired) electrons. The van der Waals surface area contributed by atoms with E-state index >= 15 is 0 Å². The van der Waals surface area contributed by atoms with Gasteiger partial charge in [-0.1, -0.05) is 63.6 Å². The van der Waals surface area contributed by atoms with E-state index in [0.717, 1.165) is 72.3 Å². The summed E-state index contributed by atoms with van der Waals surface area (Å²) in [4.78, 5) is 0. The van der Waals surface area contributed by atoms with Gasteiger partial charge in [-0.3, -0.25) is 0 Å². The fourth-order valence-electron chi connectivity index (χ4n) is 9.28. The lowest BCUT2D eigenvalue weighted by Crippen LogP contribution is -2.45. The van der Waals surface area contributed by atoms with Crippen LogP contribution >= 0.6 is 0 Å². The number of allylic oxidation sites excluding steroid dienone is 1. The Morgan fingerprint density at radius 2 is 1.39 bits per heavy atom. The van der Waals surface area contributed by atoms with Gasteiger partial charge in [0.1, 0.15) is 17.3 Å². The largest absolute Gasteiger partial charge is 0.504 e. The van der Waals surface area contributed by atoms with E-state index in [9.17, 15) is 5.11 Å².